The van der Waals surface area contributed by atoms with Crippen LogP contribution < -0.4 is 0 Å². The lowest BCUT2D eigenvalue weighted by molar-refractivity contribution is 0.0372. The third kappa shape index (κ3) is 6.41. The van der Waals surface area contributed by atoms with Gasteiger partial charge < -0.3 is 14.9 Å². The second-order valence-corrected chi connectivity index (χ2v) is 9.10. The molecule has 160 valence electrons. The van der Waals surface area contributed by atoms with E-state index >= 15 is 0 Å². The Balaban J connectivity index is 1.38. The van der Waals surface area contributed by atoms with Gasteiger partial charge in [0.15, 0.2) is 0 Å². The fourth-order valence-corrected chi connectivity index (χ4v) is 5.26. The van der Waals surface area contributed by atoms with Crippen molar-refractivity contribution in [3.63, 3.8) is 0 Å². The Kier molecular flexibility index (Phi) is 9.04. The molecule has 2 N–H and O–H groups in total. The van der Waals surface area contributed by atoms with Gasteiger partial charge >= 0.3 is 0 Å². The zero-order valence-corrected chi connectivity index (χ0v) is 17.8. The molecule has 2 fully saturated rings. The van der Waals surface area contributed by atoms with Crippen LogP contribution >= 0.6 is 0 Å². The Labute approximate surface area is 171 Å². The first kappa shape index (κ1) is 22.0. The average Bonchev–Trinajstić information content (AvgIpc) is 3.21. The van der Waals surface area contributed by atoms with Gasteiger partial charge in [0.05, 0.1) is 25.4 Å². The molecule has 0 bridgehead atoms. The van der Waals surface area contributed by atoms with Gasteiger partial charge in [-0.05, 0) is 56.9 Å². The summed E-state index contributed by atoms with van der Waals surface area (Å²) in [5.41, 5.74) is 1.60. The average molecular weight is 392 g/mol. The van der Waals surface area contributed by atoms with Crippen LogP contribution in [-0.4, -0.2) is 60.2 Å². The van der Waals surface area contributed by atoms with Crippen LogP contribution in [0.25, 0.3) is 0 Å². The Bertz CT molecular complexity index is 512. The van der Waals surface area contributed by atoms with Crippen molar-refractivity contribution in [3.05, 3.63) is 23.8 Å². The van der Waals surface area contributed by atoms with Crippen LogP contribution in [0.3, 0.4) is 0 Å². The number of nitrogens with zero attached hydrogens (tertiary/aromatic N) is 1. The third-order valence-corrected chi connectivity index (χ3v) is 6.93. The van der Waals surface area contributed by atoms with Crippen molar-refractivity contribution in [2.45, 2.75) is 76.9 Å². The van der Waals surface area contributed by atoms with Crippen molar-refractivity contribution in [2.24, 2.45) is 17.8 Å². The van der Waals surface area contributed by atoms with Crippen LogP contribution in [0.1, 0.15) is 64.7 Å². The van der Waals surface area contributed by atoms with Crippen LogP contribution in [0.15, 0.2) is 23.8 Å². The molecule has 1 saturated heterocycles. The largest absolute Gasteiger partial charge is 0.392 e. The number of ether oxygens (including phenoxy) is 1. The van der Waals surface area contributed by atoms with Gasteiger partial charge in [-0.3, -0.25) is 4.90 Å². The molecule has 0 radical (unpaired) electrons. The SMILES string of the molecule is CCCCC[C@H](O)C=C[C@@H]1[C@H]2CC(CCCCN3CCOCC3)=C[C@H]2C[C@H]1O. The molecule has 5 atom stereocenters. The van der Waals surface area contributed by atoms with Crippen LogP contribution in [0.2, 0.25) is 0 Å². The van der Waals surface area contributed by atoms with Gasteiger partial charge in [-0.1, -0.05) is 50.0 Å². The lowest BCUT2D eigenvalue weighted by atomic mass is 9.88. The highest BCUT2D eigenvalue weighted by molar-refractivity contribution is 5.21. The molecule has 28 heavy (non-hydrogen) atoms. The summed E-state index contributed by atoms with van der Waals surface area (Å²) in [7, 11) is 0. The van der Waals surface area contributed by atoms with E-state index in [1.807, 2.05) is 6.08 Å². The normalized spacial score (nSPS) is 32.0. The Morgan fingerprint density at radius 2 is 2.04 bits per heavy atom. The second kappa shape index (κ2) is 11.5. The molecule has 0 amide bonds. The zero-order valence-electron chi connectivity index (χ0n) is 17.8. The van der Waals surface area contributed by atoms with Crippen molar-refractivity contribution in [1.29, 1.82) is 0 Å². The lowest BCUT2D eigenvalue weighted by Gasteiger charge is -2.26. The highest BCUT2D eigenvalue weighted by atomic mass is 16.5. The monoisotopic (exact) mass is 391 g/mol. The van der Waals surface area contributed by atoms with Gasteiger partial charge in [-0.15, -0.1) is 0 Å². The fourth-order valence-electron chi connectivity index (χ4n) is 5.26. The number of rotatable bonds is 11. The minimum absolute atomic E-state index is 0.216. The van der Waals surface area contributed by atoms with E-state index in [1.165, 1.54) is 38.6 Å². The summed E-state index contributed by atoms with van der Waals surface area (Å²) in [5, 5.41) is 20.7. The maximum absolute atomic E-state index is 10.5. The highest BCUT2D eigenvalue weighted by Crippen LogP contribution is 2.48. The molecule has 3 aliphatic rings. The molecular weight excluding hydrogens is 350 g/mol. The van der Waals surface area contributed by atoms with Crippen molar-refractivity contribution in [2.75, 3.05) is 32.8 Å². The highest BCUT2D eigenvalue weighted by Gasteiger charge is 2.43. The first-order chi connectivity index (χ1) is 13.7. The predicted octanol–water partition coefficient (Wildman–Crippen LogP) is 3.93. The minimum atomic E-state index is -0.355. The number of morpholine rings is 1. The Morgan fingerprint density at radius 3 is 2.82 bits per heavy atom. The van der Waals surface area contributed by atoms with Crippen molar-refractivity contribution in [3.8, 4) is 0 Å². The zero-order chi connectivity index (χ0) is 19.8. The molecule has 4 heteroatoms. The van der Waals surface area contributed by atoms with Crippen LogP contribution in [0, 0.1) is 17.8 Å². The van der Waals surface area contributed by atoms with Crippen LogP contribution in [0.5, 0.6) is 0 Å². The molecule has 1 saturated carbocycles. The first-order valence-electron chi connectivity index (χ1n) is 11.7. The number of unbranched alkanes of at least 4 members (excludes halogenated alkanes) is 3. The predicted molar refractivity (Wildman–Crippen MR) is 114 cm³/mol. The first-order valence-corrected chi connectivity index (χ1v) is 11.7. The smallest absolute Gasteiger partial charge is 0.0721 e. The van der Waals surface area contributed by atoms with Gasteiger partial charge in [-0.25, -0.2) is 0 Å². The molecule has 3 rings (SSSR count). The fraction of sp³-hybridized carbons (Fsp3) is 0.833. The molecule has 0 aromatic rings. The summed E-state index contributed by atoms with van der Waals surface area (Å²) in [6, 6.07) is 0. The van der Waals surface area contributed by atoms with Gasteiger partial charge in [0, 0.05) is 19.0 Å². The van der Waals surface area contributed by atoms with E-state index in [0.29, 0.717) is 11.8 Å². The number of aliphatic hydroxyl groups excluding tert-OH is 2. The topological polar surface area (TPSA) is 52.9 Å². The summed E-state index contributed by atoms with van der Waals surface area (Å²) in [4.78, 5) is 2.52. The number of hydrogen-bond acceptors (Lipinski definition) is 4. The quantitative estimate of drug-likeness (QED) is 0.414. The molecule has 2 aliphatic carbocycles. The number of allylic oxidation sites excluding steroid dienone is 2. The second-order valence-electron chi connectivity index (χ2n) is 9.10. The van der Waals surface area contributed by atoms with Gasteiger partial charge in [0.1, 0.15) is 0 Å². The molecule has 1 heterocycles. The molecule has 0 aromatic heterocycles. The van der Waals surface area contributed by atoms with E-state index in [4.69, 9.17) is 4.74 Å². The summed E-state index contributed by atoms with van der Waals surface area (Å²) in [6.45, 7) is 7.33. The molecule has 1 aliphatic heterocycles. The third-order valence-electron chi connectivity index (χ3n) is 6.93. The van der Waals surface area contributed by atoms with Gasteiger partial charge in [-0.2, -0.15) is 0 Å². The molecule has 0 unspecified atom stereocenters. The van der Waals surface area contributed by atoms with E-state index in [0.717, 1.165) is 52.0 Å². The van der Waals surface area contributed by atoms with E-state index in [1.54, 1.807) is 5.57 Å². The lowest BCUT2D eigenvalue weighted by Crippen LogP contribution is -2.36. The Morgan fingerprint density at radius 1 is 1.21 bits per heavy atom. The summed E-state index contributed by atoms with van der Waals surface area (Å²) >= 11 is 0. The summed E-state index contributed by atoms with van der Waals surface area (Å²) in [6.07, 6.45) is 16.0. The van der Waals surface area contributed by atoms with E-state index < -0.39 is 0 Å². The summed E-state index contributed by atoms with van der Waals surface area (Å²) in [5.74, 6) is 1.30. The van der Waals surface area contributed by atoms with Gasteiger partial charge in [0.2, 0.25) is 0 Å². The van der Waals surface area contributed by atoms with E-state index in [9.17, 15) is 10.2 Å². The minimum Gasteiger partial charge on any atom is -0.392 e. The molecule has 4 nitrogen and oxygen atoms in total. The summed E-state index contributed by atoms with van der Waals surface area (Å²) < 4.78 is 5.41. The molecule has 0 aromatic carbocycles. The number of fused-ring (bicyclic) bond motifs is 1. The number of aliphatic hydroxyl groups is 2. The van der Waals surface area contributed by atoms with E-state index in [2.05, 4.69) is 24.0 Å². The molecular formula is C24H41NO3. The maximum atomic E-state index is 10.5. The standard InChI is InChI=1S/C24H41NO3/c1-2-3-4-8-21(26)9-10-22-23-17-19(16-20(23)18-24(22)27)7-5-6-11-25-12-14-28-15-13-25/h9-10,16,20-24,26-27H,2-8,11-15,17-18H2,1H3/t20-,21-,22+,23-,24+/m0/s1. The van der Waals surface area contributed by atoms with Crippen molar-refractivity contribution < 1.29 is 14.9 Å². The van der Waals surface area contributed by atoms with Crippen molar-refractivity contribution >= 4 is 0 Å². The van der Waals surface area contributed by atoms with Crippen LogP contribution in [0.4, 0.5) is 0 Å². The van der Waals surface area contributed by atoms with Crippen LogP contribution in [-0.2, 0) is 4.74 Å². The van der Waals surface area contributed by atoms with Crippen molar-refractivity contribution in [1.82, 2.24) is 4.90 Å². The Hall–Kier alpha value is -0.680. The van der Waals surface area contributed by atoms with Gasteiger partial charge in [0.25, 0.3) is 0 Å². The number of hydrogen-bond donors (Lipinski definition) is 2. The maximum Gasteiger partial charge on any atom is 0.0721 e. The van der Waals surface area contributed by atoms with E-state index in [-0.39, 0.29) is 18.1 Å². The molecule has 0 spiro atoms.